The Morgan fingerprint density at radius 2 is 1.64 bits per heavy atom. The van der Waals surface area contributed by atoms with E-state index in [1.54, 1.807) is 20.8 Å². The van der Waals surface area contributed by atoms with Crippen molar-refractivity contribution in [3.05, 3.63) is 35.0 Å². The van der Waals surface area contributed by atoms with Gasteiger partial charge in [-0.3, -0.25) is 0 Å². The van der Waals surface area contributed by atoms with Gasteiger partial charge < -0.3 is 0 Å². The van der Waals surface area contributed by atoms with Crippen LogP contribution in [0.1, 0.15) is 73.5 Å². The van der Waals surface area contributed by atoms with E-state index in [-0.39, 0.29) is 51.9 Å². The van der Waals surface area contributed by atoms with Gasteiger partial charge in [-0.2, -0.15) is 0 Å². The third kappa shape index (κ3) is 8.63. The van der Waals surface area contributed by atoms with Gasteiger partial charge in [-0.15, -0.1) is 0 Å². The van der Waals surface area contributed by atoms with Gasteiger partial charge in [0, 0.05) is 0 Å². The molecule has 47 heavy (non-hydrogen) atoms. The number of aryl methyl sites for hydroxylation is 2. The fourth-order valence-electron chi connectivity index (χ4n) is 5.99. The Bertz CT molecular complexity index is 1510. The number of unbranched alkanes of at least 4 members (excludes halogenated alkanes) is 1. The molecule has 1 N–H and O–H groups in total. The van der Waals surface area contributed by atoms with Gasteiger partial charge in [0.1, 0.15) is 0 Å². The molecule has 2 aromatic rings. The van der Waals surface area contributed by atoms with Crippen LogP contribution < -0.4 is 10.1 Å². The molecule has 1 unspecified atom stereocenters. The predicted molar refractivity (Wildman–Crippen MR) is 178 cm³/mol. The number of piperazine rings is 1. The number of amides is 4. The number of benzene rings is 1. The number of nitrogens with zero attached hydrogens (tertiary/aromatic N) is 4. The summed E-state index contributed by atoms with van der Waals surface area (Å²) in [6.45, 7) is 8.22. The van der Waals surface area contributed by atoms with Crippen molar-refractivity contribution in [2.45, 2.75) is 83.0 Å². The third-order valence-corrected chi connectivity index (χ3v) is 11.5. The van der Waals surface area contributed by atoms with Crippen LogP contribution in [0.4, 0.5) is 4.79 Å². The van der Waals surface area contributed by atoms with Crippen LogP contribution in [0.15, 0.2) is 18.2 Å². The average Bonchev–Trinajstić information content (AvgIpc) is 3.55. The zero-order valence-corrected chi connectivity index (χ0v) is 29.7. The van der Waals surface area contributed by atoms with Crippen molar-refractivity contribution in [1.29, 1.82) is 0 Å². The van der Waals surface area contributed by atoms with Gasteiger partial charge in [0.2, 0.25) is 0 Å². The van der Waals surface area contributed by atoms with Crippen LogP contribution in [-0.2, 0) is 19.1 Å². The zero-order valence-electron chi connectivity index (χ0n) is 27.6. The fourth-order valence-corrected chi connectivity index (χ4v) is 7.76. The second kappa shape index (κ2) is 16.0. The first-order valence-electron chi connectivity index (χ1n) is 16.8. The SMILES string of the molecule is CCCCOC(=O)N1CCN(C(=O)C[AsH]C(=O)c2cc(OCC(=O)N3CCC[C@H]3C(=O)NC3CCC3)c3cc(C)c(C)cc3n2)CC1. The van der Waals surface area contributed by atoms with E-state index in [4.69, 9.17) is 9.47 Å². The minimum absolute atomic E-state index is 0.0975. The summed E-state index contributed by atoms with van der Waals surface area (Å²) < 4.78 is 11.2. The van der Waals surface area contributed by atoms with Crippen molar-refractivity contribution in [3.63, 3.8) is 0 Å². The minimum atomic E-state index is -1.39. The average molecular weight is 712 g/mol. The summed E-state index contributed by atoms with van der Waals surface area (Å²) in [6.07, 6.45) is 5.88. The number of pyridine rings is 1. The van der Waals surface area contributed by atoms with Crippen molar-refractivity contribution in [1.82, 2.24) is 25.0 Å². The molecule has 12 nitrogen and oxygen atoms in total. The van der Waals surface area contributed by atoms with Gasteiger partial charge in [0.05, 0.1) is 0 Å². The summed E-state index contributed by atoms with van der Waals surface area (Å²) in [5, 5.41) is 3.90. The number of rotatable bonds is 12. The molecule has 3 heterocycles. The van der Waals surface area contributed by atoms with Gasteiger partial charge in [0.15, 0.2) is 0 Å². The molecule has 0 radical (unpaired) electrons. The Morgan fingerprint density at radius 3 is 2.34 bits per heavy atom. The molecule has 3 fully saturated rings. The van der Waals surface area contributed by atoms with Gasteiger partial charge in [-0.25, -0.2) is 0 Å². The number of aromatic nitrogens is 1. The van der Waals surface area contributed by atoms with E-state index < -0.39 is 21.8 Å². The summed E-state index contributed by atoms with van der Waals surface area (Å²) in [4.78, 5) is 74.3. The summed E-state index contributed by atoms with van der Waals surface area (Å²) in [7, 11) is 0. The quantitative estimate of drug-likeness (QED) is 0.262. The second-order valence-corrected chi connectivity index (χ2v) is 15.1. The van der Waals surface area contributed by atoms with Crippen LogP contribution in [0.25, 0.3) is 10.9 Å². The molecule has 5 rings (SSSR count). The number of hydrogen-bond acceptors (Lipinski definition) is 8. The molecule has 0 spiro atoms. The van der Waals surface area contributed by atoms with Crippen LogP contribution in [0.5, 0.6) is 5.75 Å². The van der Waals surface area contributed by atoms with E-state index in [1.165, 1.54) is 0 Å². The van der Waals surface area contributed by atoms with Gasteiger partial charge in [-0.1, -0.05) is 0 Å². The molecule has 2 atom stereocenters. The molecule has 1 aromatic carbocycles. The standard InChI is InChI=1S/C34H46AsN5O7/c1-4-5-16-46-34(45)39-14-12-38(13-15-39)30(41)20-35-32(43)27-19-29(25-17-22(2)23(3)18-26(25)37-27)47-21-31(42)40-11-7-10-28(40)33(44)36-24-8-6-9-24/h17-19,24,28,35H,4-16,20-21H2,1-3H3,(H,36,44)/t28-/m0/s1. The molecule has 2 aliphatic heterocycles. The number of nitrogens with one attached hydrogen (secondary N) is 1. The summed E-state index contributed by atoms with van der Waals surface area (Å²) in [5.74, 6) is -0.0940. The van der Waals surface area contributed by atoms with Crippen molar-refractivity contribution < 1.29 is 33.4 Å². The number of hydrogen-bond donors (Lipinski definition) is 1. The normalized spacial score (nSPS) is 18.4. The zero-order chi connectivity index (χ0) is 33.5. The molecule has 1 aromatic heterocycles. The van der Waals surface area contributed by atoms with Crippen molar-refractivity contribution in [3.8, 4) is 5.75 Å². The Morgan fingerprint density at radius 1 is 0.915 bits per heavy atom. The molecule has 1 aliphatic carbocycles. The maximum atomic E-state index is 13.4. The van der Waals surface area contributed by atoms with E-state index in [9.17, 15) is 24.0 Å². The van der Waals surface area contributed by atoms with Gasteiger partial charge in [-0.05, 0) is 19.3 Å². The van der Waals surface area contributed by atoms with Crippen molar-refractivity contribution in [2.75, 3.05) is 45.9 Å². The Hall–Kier alpha value is -3.66. The number of carbonyl (C=O) groups is 5. The Balaban J connectivity index is 1.20. The van der Waals surface area contributed by atoms with Crippen molar-refractivity contribution in [2.24, 2.45) is 0 Å². The number of ether oxygens (including phenoxy) is 2. The monoisotopic (exact) mass is 711 g/mol. The predicted octanol–water partition coefficient (Wildman–Crippen LogP) is 2.97. The first kappa shape index (κ1) is 34.7. The molecule has 3 aliphatic rings. The Labute approximate surface area is 282 Å². The van der Waals surface area contributed by atoms with E-state index in [0.29, 0.717) is 62.4 Å². The number of carbonyl (C=O) groups excluding carboxylic acids is 5. The first-order valence-corrected chi connectivity index (χ1v) is 19.3. The Kier molecular flexibility index (Phi) is 11.8. The van der Waals surface area contributed by atoms with E-state index >= 15 is 0 Å². The second-order valence-electron chi connectivity index (χ2n) is 12.6. The van der Waals surface area contributed by atoms with Crippen LogP contribution in [0, 0.1) is 13.8 Å². The molecule has 1 saturated carbocycles. The first-order chi connectivity index (χ1) is 22.6. The van der Waals surface area contributed by atoms with Crippen molar-refractivity contribution >= 4 is 55.0 Å². The molecule has 254 valence electrons. The number of likely N-dealkylation sites (tertiary alicyclic amines) is 1. The molecular formula is C34H46AsN5O7. The van der Waals surface area contributed by atoms with Crippen LogP contribution in [-0.4, -0.2) is 122 Å². The van der Waals surface area contributed by atoms with Crippen LogP contribution in [0.3, 0.4) is 0 Å². The van der Waals surface area contributed by atoms with E-state index in [2.05, 4.69) is 10.3 Å². The molecule has 4 amide bonds. The fraction of sp³-hybridized carbons (Fsp3) is 0.588. The molecule has 13 heteroatoms. The van der Waals surface area contributed by atoms with Gasteiger partial charge >= 0.3 is 264 Å². The van der Waals surface area contributed by atoms with E-state index in [0.717, 1.165) is 49.7 Å². The van der Waals surface area contributed by atoms with E-state index in [1.807, 2.05) is 32.9 Å². The number of fused-ring (bicyclic) bond motifs is 1. The van der Waals surface area contributed by atoms with Crippen LogP contribution >= 0.6 is 0 Å². The topological polar surface area (TPSA) is 138 Å². The third-order valence-electron chi connectivity index (χ3n) is 9.31. The molecule has 2 saturated heterocycles. The summed E-state index contributed by atoms with van der Waals surface area (Å²) in [6, 6.07) is 5.13. The maximum absolute atomic E-state index is 13.4. The molecular weight excluding hydrogens is 665 g/mol. The molecule has 0 bridgehead atoms. The van der Waals surface area contributed by atoms with Crippen LogP contribution in [0.2, 0.25) is 5.21 Å². The summed E-state index contributed by atoms with van der Waals surface area (Å²) in [5.41, 5.74) is 2.83. The summed E-state index contributed by atoms with van der Waals surface area (Å²) >= 11 is -1.39. The van der Waals surface area contributed by atoms with Gasteiger partial charge in [0.25, 0.3) is 0 Å².